The number of amides is 2. The van der Waals surface area contributed by atoms with Crippen molar-refractivity contribution in [3.8, 4) is 11.5 Å². The first-order valence-electron chi connectivity index (χ1n) is 11.5. The molecule has 0 radical (unpaired) electrons. The number of allylic oxidation sites excluding steroid dienone is 1. The van der Waals surface area contributed by atoms with Crippen LogP contribution in [0.2, 0.25) is 0 Å². The first-order valence-corrected chi connectivity index (χ1v) is 13.3. The molecule has 1 aromatic heterocycles. The average molecular weight is 589 g/mol. The van der Waals surface area contributed by atoms with Gasteiger partial charge < -0.3 is 24.7 Å². The molecule has 0 saturated heterocycles. The van der Waals surface area contributed by atoms with E-state index in [4.69, 9.17) is 9.47 Å². The zero-order chi connectivity index (χ0) is 26.9. The van der Waals surface area contributed by atoms with Crippen molar-refractivity contribution in [3.05, 3.63) is 70.5 Å². The van der Waals surface area contributed by atoms with Crippen LogP contribution in [0.25, 0.3) is 0 Å². The number of nitrogens with zero attached hydrogens (tertiary/aromatic N) is 3. The van der Waals surface area contributed by atoms with Gasteiger partial charge in [0.1, 0.15) is 0 Å². The van der Waals surface area contributed by atoms with Crippen LogP contribution in [0.3, 0.4) is 0 Å². The highest BCUT2D eigenvalue weighted by atomic mass is 79.9. The van der Waals surface area contributed by atoms with Crippen LogP contribution in [0, 0.1) is 0 Å². The Bertz CT molecular complexity index is 1280. The van der Waals surface area contributed by atoms with E-state index in [1.54, 1.807) is 24.3 Å². The van der Waals surface area contributed by atoms with Gasteiger partial charge in [-0.2, -0.15) is 0 Å². The maximum Gasteiger partial charge on any atom is 0.251 e. The van der Waals surface area contributed by atoms with Crippen molar-refractivity contribution in [2.24, 2.45) is 0 Å². The highest BCUT2D eigenvalue weighted by molar-refractivity contribution is 9.10. The summed E-state index contributed by atoms with van der Waals surface area (Å²) in [6.07, 6.45) is 1.71. The van der Waals surface area contributed by atoms with Gasteiger partial charge in [0.15, 0.2) is 22.5 Å². The molecule has 196 valence electrons. The average Bonchev–Trinajstić information content (AvgIpc) is 3.27. The van der Waals surface area contributed by atoms with Crippen LogP contribution < -0.4 is 20.1 Å². The lowest BCUT2D eigenvalue weighted by Crippen LogP contribution is -2.25. The van der Waals surface area contributed by atoms with Crippen LogP contribution in [0.5, 0.6) is 11.5 Å². The van der Waals surface area contributed by atoms with Gasteiger partial charge in [-0.05, 0) is 47.9 Å². The highest BCUT2D eigenvalue weighted by Crippen LogP contribution is 2.29. The lowest BCUT2D eigenvalue weighted by Gasteiger charge is -2.14. The Labute approximate surface area is 229 Å². The van der Waals surface area contributed by atoms with E-state index >= 15 is 0 Å². The maximum absolute atomic E-state index is 12.7. The molecule has 0 bridgehead atoms. The van der Waals surface area contributed by atoms with Gasteiger partial charge in [0.25, 0.3) is 5.91 Å². The molecule has 0 saturated carbocycles. The van der Waals surface area contributed by atoms with Crippen LogP contribution in [-0.2, 0) is 17.9 Å². The Morgan fingerprint density at radius 1 is 1.14 bits per heavy atom. The van der Waals surface area contributed by atoms with E-state index in [0.29, 0.717) is 34.6 Å². The number of rotatable bonds is 12. The molecule has 11 heteroatoms. The van der Waals surface area contributed by atoms with Crippen molar-refractivity contribution in [3.63, 3.8) is 0 Å². The molecule has 0 aliphatic carbocycles. The largest absolute Gasteiger partial charge is 0.493 e. The molecule has 2 amide bonds. The lowest BCUT2D eigenvalue weighted by atomic mass is 10.0. The van der Waals surface area contributed by atoms with Gasteiger partial charge in [-0.3, -0.25) is 9.59 Å². The van der Waals surface area contributed by atoms with E-state index in [2.05, 4.69) is 57.2 Å². The van der Waals surface area contributed by atoms with E-state index in [0.717, 1.165) is 15.7 Å². The number of halogens is 1. The fourth-order valence-corrected chi connectivity index (χ4v) is 4.69. The Balaban J connectivity index is 1.65. The van der Waals surface area contributed by atoms with E-state index in [1.807, 2.05) is 22.8 Å². The Morgan fingerprint density at radius 3 is 2.57 bits per heavy atom. The van der Waals surface area contributed by atoms with Crippen molar-refractivity contribution >= 4 is 45.2 Å². The molecule has 2 N–H and O–H groups in total. The van der Waals surface area contributed by atoms with Gasteiger partial charge in [-0.1, -0.05) is 47.6 Å². The van der Waals surface area contributed by atoms with Crippen LogP contribution in [-0.4, -0.2) is 46.6 Å². The summed E-state index contributed by atoms with van der Waals surface area (Å²) in [4.78, 5) is 25.4. The van der Waals surface area contributed by atoms with Crippen molar-refractivity contribution in [2.75, 3.05) is 25.3 Å². The highest BCUT2D eigenvalue weighted by Gasteiger charge is 2.17. The molecule has 3 rings (SSSR count). The molecule has 9 nitrogen and oxygen atoms in total. The van der Waals surface area contributed by atoms with E-state index in [-0.39, 0.29) is 30.0 Å². The van der Waals surface area contributed by atoms with Crippen molar-refractivity contribution in [1.29, 1.82) is 0 Å². The normalized spacial score (nSPS) is 10.8. The summed E-state index contributed by atoms with van der Waals surface area (Å²) < 4.78 is 13.3. The summed E-state index contributed by atoms with van der Waals surface area (Å²) in [6, 6.07) is 10.7. The minimum Gasteiger partial charge on any atom is -0.493 e. The number of nitrogens with one attached hydrogen (secondary N) is 2. The number of benzene rings is 2. The minimum absolute atomic E-state index is 0.148. The fraction of sp³-hybridized carbons (Fsp3) is 0.308. The van der Waals surface area contributed by atoms with Gasteiger partial charge in [0.05, 0.1) is 26.5 Å². The molecule has 0 unspecified atom stereocenters. The number of carbonyl (C=O) groups excluding carboxylic acids is 2. The molecular weight excluding hydrogens is 558 g/mol. The molecule has 0 atom stereocenters. The smallest absolute Gasteiger partial charge is 0.251 e. The fourth-order valence-electron chi connectivity index (χ4n) is 3.55. The molecule has 3 aromatic rings. The second-order valence-electron chi connectivity index (χ2n) is 8.27. The summed E-state index contributed by atoms with van der Waals surface area (Å²) in [5, 5.41) is 14.8. The number of hydrogen-bond acceptors (Lipinski definition) is 7. The molecular formula is C26H30BrN5O4S. The van der Waals surface area contributed by atoms with Gasteiger partial charge in [0, 0.05) is 22.3 Å². The molecule has 2 aromatic carbocycles. The summed E-state index contributed by atoms with van der Waals surface area (Å²) in [6.45, 7) is 8.54. The summed E-state index contributed by atoms with van der Waals surface area (Å²) in [5.41, 5.74) is 2.26. The second-order valence-corrected chi connectivity index (χ2v) is 10.1. The quantitative estimate of drug-likeness (QED) is 0.226. The molecule has 0 spiro atoms. The zero-order valence-electron chi connectivity index (χ0n) is 21.2. The first kappa shape index (κ1) is 28.3. The number of anilines is 1. The van der Waals surface area contributed by atoms with Crippen LogP contribution >= 0.6 is 27.7 Å². The Morgan fingerprint density at radius 2 is 1.89 bits per heavy atom. The minimum atomic E-state index is -0.293. The number of methoxy groups -OCH3 is 2. The van der Waals surface area contributed by atoms with Crippen molar-refractivity contribution < 1.29 is 19.1 Å². The van der Waals surface area contributed by atoms with Crippen LogP contribution in [0.15, 0.2) is 58.7 Å². The lowest BCUT2D eigenvalue weighted by molar-refractivity contribution is -0.113. The predicted molar refractivity (Wildman–Crippen MR) is 149 cm³/mol. The third kappa shape index (κ3) is 7.36. The monoisotopic (exact) mass is 587 g/mol. The van der Waals surface area contributed by atoms with Gasteiger partial charge in [-0.15, -0.1) is 16.8 Å². The molecule has 0 aliphatic heterocycles. The third-order valence-electron chi connectivity index (χ3n) is 5.40. The standard InChI is InChI=1S/C26H30BrN5O4S/c1-6-11-32-23(14-28-25(34)17-7-10-21(35-4)22(12-17)36-5)30-31-26(32)37-15-24(33)29-20-9-8-18(27)13-19(20)16(2)3/h6-10,12-13,16H,1,11,14-15H2,2-5H3,(H,28,34)(H,29,33). The number of carbonyl (C=O) groups is 2. The van der Waals surface area contributed by atoms with Gasteiger partial charge >= 0.3 is 0 Å². The van der Waals surface area contributed by atoms with Crippen LogP contribution in [0.4, 0.5) is 5.69 Å². The number of ether oxygens (including phenoxy) is 2. The number of aromatic nitrogens is 3. The Hall–Kier alpha value is -3.31. The Kier molecular flexibility index (Phi) is 10.2. The van der Waals surface area contributed by atoms with Gasteiger partial charge in [0.2, 0.25) is 5.91 Å². The summed E-state index contributed by atoms with van der Waals surface area (Å²) in [5.74, 6) is 1.52. The van der Waals surface area contributed by atoms with E-state index in [9.17, 15) is 9.59 Å². The summed E-state index contributed by atoms with van der Waals surface area (Å²) >= 11 is 4.75. The molecule has 0 aliphatic rings. The second kappa shape index (κ2) is 13.3. The maximum atomic E-state index is 12.7. The molecule has 0 fully saturated rings. The van der Waals surface area contributed by atoms with E-state index in [1.165, 1.54) is 26.0 Å². The molecule has 1 heterocycles. The number of hydrogen-bond donors (Lipinski definition) is 2. The first-order chi connectivity index (χ1) is 17.8. The zero-order valence-corrected chi connectivity index (χ0v) is 23.6. The summed E-state index contributed by atoms with van der Waals surface area (Å²) in [7, 11) is 3.05. The van der Waals surface area contributed by atoms with E-state index < -0.39 is 0 Å². The van der Waals surface area contributed by atoms with Crippen LogP contribution in [0.1, 0.15) is 41.5 Å². The van der Waals surface area contributed by atoms with Crippen molar-refractivity contribution in [1.82, 2.24) is 20.1 Å². The third-order valence-corrected chi connectivity index (χ3v) is 6.86. The molecule has 37 heavy (non-hydrogen) atoms. The predicted octanol–water partition coefficient (Wildman–Crippen LogP) is 5.03. The number of thioether (sulfide) groups is 1. The topological polar surface area (TPSA) is 107 Å². The SMILES string of the molecule is C=CCn1c(CNC(=O)c2ccc(OC)c(OC)c2)nnc1SCC(=O)Nc1ccc(Br)cc1C(C)C. The van der Waals surface area contributed by atoms with Crippen molar-refractivity contribution in [2.45, 2.75) is 38.0 Å². The van der Waals surface area contributed by atoms with Gasteiger partial charge in [-0.25, -0.2) is 0 Å².